The first-order valence-electron chi connectivity index (χ1n) is 5.33. The van der Waals surface area contributed by atoms with Gasteiger partial charge in [0.25, 0.3) is 0 Å². The number of methoxy groups -OCH3 is 1. The van der Waals surface area contributed by atoms with Crippen LogP contribution in [0.15, 0.2) is 11.7 Å². The van der Waals surface area contributed by atoms with Gasteiger partial charge in [-0.25, -0.2) is 0 Å². The molecule has 3 nitrogen and oxygen atoms in total. The van der Waals surface area contributed by atoms with Crippen molar-refractivity contribution < 1.29 is 4.74 Å². The molecule has 1 aromatic heterocycles. The summed E-state index contributed by atoms with van der Waals surface area (Å²) in [5.41, 5.74) is 1.87. The minimum absolute atomic E-state index is 0.520. The summed E-state index contributed by atoms with van der Waals surface area (Å²) in [6, 6.07) is 0.520. The fraction of sp³-hybridized carbons (Fsp3) is 0.727. The predicted octanol–water partition coefficient (Wildman–Crippen LogP) is 2.29. The molecule has 0 amide bonds. The number of aromatic nitrogens is 1. The molecule has 4 heteroatoms. The summed E-state index contributed by atoms with van der Waals surface area (Å²) < 4.78 is 5.11. The summed E-state index contributed by atoms with van der Waals surface area (Å²) in [7, 11) is 1.75. The molecule has 0 bridgehead atoms. The first-order valence-corrected chi connectivity index (χ1v) is 6.21. The lowest BCUT2D eigenvalue weighted by molar-refractivity contribution is 0.173. The van der Waals surface area contributed by atoms with Crippen LogP contribution in [0.1, 0.15) is 25.1 Å². The first-order chi connectivity index (χ1) is 7.24. The second-order valence-electron chi connectivity index (χ2n) is 3.98. The van der Waals surface area contributed by atoms with Gasteiger partial charge in [-0.2, -0.15) is 0 Å². The number of hydrogen-bond donors (Lipinski definition) is 1. The number of nitrogens with zero attached hydrogens (tertiary/aromatic N) is 1. The zero-order valence-electron chi connectivity index (χ0n) is 9.69. The van der Waals surface area contributed by atoms with Crippen LogP contribution < -0.4 is 5.32 Å². The molecule has 0 radical (unpaired) electrons. The van der Waals surface area contributed by atoms with Crippen molar-refractivity contribution in [1.29, 1.82) is 0 Å². The molecule has 0 saturated heterocycles. The van der Waals surface area contributed by atoms with Crippen molar-refractivity contribution in [2.45, 2.75) is 32.9 Å². The molecular weight excluding hydrogens is 208 g/mol. The van der Waals surface area contributed by atoms with Crippen molar-refractivity contribution in [3.8, 4) is 0 Å². The molecule has 0 aromatic carbocycles. The molecule has 0 aliphatic rings. The Balaban J connectivity index is 2.31. The van der Waals surface area contributed by atoms with Crippen molar-refractivity contribution in [3.63, 3.8) is 0 Å². The number of hydrogen-bond acceptors (Lipinski definition) is 4. The average Bonchev–Trinajstić information content (AvgIpc) is 2.70. The lowest BCUT2D eigenvalue weighted by Crippen LogP contribution is -2.34. The van der Waals surface area contributed by atoms with E-state index in [1.54, 1.807) is 18.4 Å². The Morgan fingerprint density at radius 1 is 1.53 bits per heavy atom. The third kappa shape index (κ3) is 4.73. The Kier molecular flexibility index (Phi) is 5.83. The molecule has 86 valence electrons. The predicted molar refractivity (Wildman–Crippen MR) is 64.1 cm³/mol. The normalized spacial score (nSPS) is 13.3. The van der Waals surface area contributed by atoms with Gasteiger partial charge in [0.1, 0.15) is 0 Å². The summed E-state index contributed by atoms with van der Waals surface area (Å²) in [5, 5.41) is 3.55. The average molecular weight is 228 g/mol. The third-order valence-electron chi connectivity index (χ3n) is 2.46. The molecule has 1 rings (SSSR count). The Bertz CT molecular complexity index is 249. The molecule has 1 unspecified atom stereocenters. The number of rotatable bonds is 7. The molecule has 1 N–H and O–H groups in total. The van der Waals surface area contributed by atoms with E-state index in [1.807, 2.05) is 11.7 Å². The van der Waals surface area contributed by atoms with E-state index in [1.165, 1.54) is 4.88 Å². The van der Waals surface area contributed by atoms with Gasteiger partial charge in [-0.1, -0.05) is 13.8 Å². The largest absolute Gasteiger partial charge is 0.385 e. The zero-order valence-corrected chi connectivity index (χ0v) is 10.5. The quantitative estimate of drug-likeness (QED) is 0.777. The number of nitrogens with one attached hydrogen (secondary N) is 1. The van der Waals surface area contributed by atoms with E-state index in [4.69, 9.17) is 4.74 Å². The fourth-order valence-electron chi connectivity index (χ4n) is 1.48. The maximum Gasteiger partial charge on any atom is 0.0794 e. The minimum Gasteiger partial charge on any atom is -0.385 e. The molecular formula is C11H20N2OS. The molecule has 0 aliphatic carbocycles. The van der Waals surface area contributed by atoms with Gasteiger partial charge in [0.05, 0.1) is 5.51 Å². The van der Waals surface area contributed by atoms with E-state index in [2.05, 4.69) is 24.1 Å². The summed E-state index contributed by atoms with van der Waals surface area (Å²) in [6.45, 7) is 6.20. The second kappa shape index (κ2) is 6.93. The van der Waals surface area contributed by atoms with Gasteiger partial charge in [0.2, 0.25) is 0 Å². The van der Waals surface area contributed by atoms with E-state index in [0.29, 0.717) is 12.0 Å². The van der Waals surface area contributed by atoms with Crippen LogP contribution in [0.3, 0.4) is 0 Å². The maximum absolute atomic E-state index is 5.11. The summed E-state index contributed by atoms with van der Waals surface area (Å²) in [6.07, 6.45) is 2.98. The molecule has 1 atom stereocenters. The first kappa shape index (κ1) is 12.6. The van der Waals surface area contributed by atoms with Crippen LogP contribution in [0.25, 0.3) is 0 Å². The molecule has 1 heterocycles. The van der Waals surface area contributed by atoms with Gasteiger partial charge in [0.15, 0.2) is 0 Å². The van der Waals surface area contributed by atoms with Gasteiger partial charge in [-0.05, 0) is 12.3 Å². The standard InChI is InChI=1S/C11H20N2OS/c1-9(2)11(4-5-14-3)13-7-10-6-12-8-15-10/h6,8-9,11,13H,4-5,7H2,1-3H3. The highest BCUT2D eigenvalue weighted by molar-refractivity contribution is 7.09. The van der Waals surface area contributed by atoms with Crippen LogP contribution in [0.5, 0.6) is 0 Å². The van der Waals surface area contributed by atoms with Gasteiger partial charge < -0.3 is 10.1 Å². The van der Waals surface area contributed by atoms with Crippen molar-refractivity contribution >= 4 is 11.3 Å². The highest BCUT2D eigenvalue weighted by atomic mass is 32.1. The Hall–Kier alpha value is -0.450. The van der Waals surface area contributed by atoms with Crippen LogP contribution in [0.4, 0.5) is 0 Å². The van der Waals surface area contributed by atoms with E-state index < -0.39 is 0 Å². The van der Waals surface area contributed by atoms with E-state index in [-0.39, 0.29) is 0 Å². The van der Waals surface area contributed by atoms with Crippen LogP contribution in [-0.2, 0) is 11.3 Å². The summed E-state index contributed by atoms with van der Waals surface area (Å²) in [4.78, 5) is 5.35. The van der Waals surface area contributed by atoms with Gasteiger partial charge in [-0.15, -0.1) is 11.3 Å². The monoisotopic (exact) mass is 228 g/mol. The molecule has 1 aromatic rings. The van der Waals surface area contributed by atoms with Crippen LogP contribution in [-0.4, -0.2) is 24.7 Å². The SMILES string of the molecule is COCCC(NCc1cncs1)C(C)C. The van der Waals surface area contributed by atoms with Gasteiger partial charge in [0, 0.05) is 37.4 Å². The number of ether oxygens (including phenoxy) is 1. The lowest BCUT2D eigenvalue weighted by Gasteiger charge is -2.21. The van der Waals surface area contributed by atoms with E-state index >= 15 is 0 Å². The van der Waals surface area contributed by atoms with Crippen molar-refractivity contribution in [3.05, 3.63) is 16.6 Å². The summed E-state index contributed by atoms with van der Waals surface area (Å²) >= 11 is 1.70. The third-order valence-corrected chi connectivity index (χ3v) is 3.24. The summed E-state index contributed by atoms with van der Waals surface area (Å²) in [5.74, 6) is 0.632. The van der Waals surface area contributed by atoms with Gasteiger partial charge >= 0.3 is 0 Å². The molecule has 0 spiro atoms. The molecule has 0 fully saturated rings. The van der Waals surface area contributed by atoms with Crippen molar-refractivity contribution in [2.24, 2.45) is 5.92 Å². The van der Waals surface area contributed by atoms with Gasteiger partial charge in [-0.3, -0.25) is 4.98 Å². The molecule has 0 aliphatic heterocycles. The molecule has 15 heavy (non-hydrogen) atoms. The van der Waals surface area contributed by atoms with Crippen molar-refractivity contribution in [2.75, 3.05) is 13.7 Å². The highest BCUT2D eigenvalue weighted by Crippen LogP contribution is 2.10. The Labute approximate surface area is 95.9 Å². The minimum atomic E-state index is 0.520. The van der Waals surface area contributed by atoms with Crippen LogP contribution in [0, 0.1) is 5.92 Å². The Morgan fingerprint density at radius 3 is 2.87 bits per heavy atom. The van der Waals surface area contributed by atoms with Crippen molar-refractivity contribution in [1.82, 2.24) is 10.3 Å². The Morgan fingerprint density at radius 2 is 2.33 bits per heavy atom. The van der Waals surface area contributed by atoms with Crippen LogP contribution in [0.2, 0.25) is 0 Å². The van der Waals surface area contributed by atoms with E-state index in [9.17, 15) is 0 Å². The molecule has 0 saturated carbocycles. The van der Waals surface area contributed by atoms with E-state index in [0.717, 1.165) is 19.6 Å². The second-order valence-corrected chi connectivity index (χ2v) is 4.95. The van der Waals surface area contributed by atoms with Crippen LogP contribution >= 0.6 is 11.3 Å². The zero-order chi connectivity index (χ0) is 11.1. The topological polar surface area (TPSA) is 34.1 Å². The fourth-order valence-corrected chi connectivity index (χ4v) is 2.02. The smallest absolute Gasteiger partial charge is 0.0794 e. The highest BCUT2D eigenvalue weighted by Gasteiger charge is 2.12. The lowest BCUT2D eigenvalue weighted by atomic mass is 10.0. The maximum atomic E-state index is 5.11. The number of thiazole rings is 1.